The lowest BCUT2D eigenvalue weighted by molar-refractivity contribution is 0.0907. The predicted molar refractivity (Wildman–Crippen MR) is 115 cm³/mol. The van der Waals surface area contributed by atoms with Crippen LogP contribution in [0.3, 0.4) is 0 Å². The lowest BCUT2D eigenvalue weighted by Crippen LogP contribution is -2.40. The average molecular weight is 386 g/mol. The summed E-state index contributed by atoms with van der Waals surface area (Å²) in [6.45, 7) is 2.17. The second-order valence-corrected chi connectivity index (χ2v) is 8.63. The van der Waals surface area contributed by atoms with Crippen molar-refractivity contribution in [2.24, 2.45) is 17.8 Å². The Bertz CT molecular complexity index is 995. The molecule has 1 aromatic heterocycles. The largest absolute Gasteiger partial charge is 0.348 e. The summed E-state index contributed by atoms with van der Waals surface area (Å²) in [5, 5.41) is 8.07. The second-order valence-electron chi connectivity index (χ2n) is 8.63. The summed E-state index contributed by atoms with van der Waals surface area (Å²) in [4.78, 5) is 13.3. The molecule has 1 N–H and O–H groups in total. The van der Waals surface area contributed by atoms with Crippen LogP contribution >= 0.6 is 0 Å². The maximum absolute atomic E-state index is 13.3. The molecule has 29 heavy (non-hydrogen) atoms. The fourth-order valence-electron chi connectivity index (χ4n) is 5.35. The number of rotatable bonds is 5. The number of amides is 1. The Morgan fingerprint density at radius 3 is 2.41 bits per heavy atom. The van der Waals surface area contributed by atoms with E-state index in [1.807, 2.05) is 66.7 Å². The van der Waals surface area contributed by atoms with Crippen molar-refractivity contribution in [2.75, 3.05) is 0 Å². The van der Waals surface area contributed by atoms with E-state index in [4.69, 9.17) is 5.10 Å². The van der Waals surface area contributed by atoms with Crippen LogP contribution in [0.25, 0.3) is 16.9 Å². The molecule has 5 rings (SSSR count). The van der Waals surface area contributed by atoms with Crippen LogP contribution in [-0.4, -0.2) is 21.7 Å². The molecular formula is C25H27N3O. The van der Waals surface area contributed by atoms with Crippen molar-refractivity contribution in [1.29, 1.82) is 0 Å². The molecule has 2 saturated carbocycles. The van der Waals surface area contributed by atoms with E-state index in [1.165, 1.54) is 25.7 Å². The van der Waals surface area contributed by atoms with Gasteiger partial charge in [0.2, 0.25) is 0 Å². The van der Waals surface area contributed by atoms with Crippen LogP contribution in [0.2, 0.25) is 0 Å². The lowest BCUT2D eigenvalue weighted by atomic mass is 9.84. The third-order valence-electron chi connectivity index (χ3n) is 6.81. The van der Waals surface area contributed by atoms with Gasteiger partial charge in [0.05, 0.1) is 11.4 Å². The number of aromatic nitrogens is 2. The van der Waals surface area contributed by atoms with Gasteiger partial charge in [-0.1, -0.05) is 55.0 Å². The van der Waals surface area contributed by atoms with Gasteiger partial charge in [0.15, 0.2) is 0 Å². The van der Waals surface area contributed by atoms with Crippen molar-refractivity contribution in [3.63, 3.8) is 0 Å². The van der Waals surface area contributed by atoms with E-state index in [-0.39, 0.29) is 11.9 Å². The second kappa shape index (κ2) is 7.51. The summed E-state index contributed by atoms with van der Waals surface area (Å²) in [6.07, 6.45) is 5.32. The molecule has 2 bridgehead atoms. The summed E-state index contributed by atoms with van der Waals surface area (Å²) in [5.74, 6) is 2.23. The average Bonchev–Trinajstić information content (AvgIpc) is 3.50. The Morgan fingerprint density at radius 2 is 1.76 bits per heavy atom. The number of nitrogens with one attached hydrogen (secondary N) is 1. The summed E-state index contributed by atoms with van der Waals surface area (Å²) in [7, 11) is 0. The molecule has 2 aliphatic rings. The number of nitrogens with zero attached hydrogens (tertiary/aromatic N) is 2. The van der Waals surface area contributed by atoms with Gasteiger partial charge in [-0.05, 0) is 62.1 Å². The molecular weight excluding hydrogens is 358 g/mol. The zero-order valence-corrected chi connectivity index (χ0v) is 16.8. The Labute approximate surface area is 172 Å². The number of benzene rings is 2. The minimum atomic E-state index is -0.0428. The fourth-order valence-corrected chi connectivity index (χ4v) is 5.35. The molecule has 4 atom stereocenters. The minimum absolute atomic E-state index is 0.0428. The number of carbonyl (C=O) groups is 1. The molecule has 4 heteroatoms. The molecule has 0 spiro atoms. The SMILES string of the molecule is C[C@H](NC(=O)c1cc(-c2ccccc2)nn1-c1ccccc1)[C@H]1C[C@@H]2CC[C@H]1C2. The van der Waals surface area contributed by atoms with Crippen LogP contribution in [0, 0.1) is 17.8 Å². The van der Waals surface area contributed by atoms with Crippen molar-refractivity contribution in [1.82, 2.24) is 15.1 Å². The molecule has 2 aliphatic carbocycles. The summed E-state index contributed by atoms with van der Waals surface area (Å²) >= 11 is 0. The molecule has 148 valence electrons. The van der Waals surface area contributed by atoms with Gasteiger partial charge in [-0.2, -0.15) is 5.10 Å². The first-order valence-corrected chi connectivity index (χ1v) is 10.7. The third kappa shape index (κ3) is 3.48. The van der Waals surface area contributed by atoms with E-state index >= 15 is 0 Å². The smallest absolute Gasteiger partial charge is 0.270 e. The molecule has 3 aromatic rings. The van der Waals surface area contributed by atoms with Gasteiger partial charge in [0.25, 0.3) is 5.91 Å². The topological polar surface area (TPSA) is 46.9 Å². The molecule has 0 aliphatic heterocycles. The first kappa shape index (κ1) is 18.2. The molecule has 0 saturated heterocycles. The zero-order valence-electron chi connectivity index (χ0n) is 16.8. The van der Waals surface area contributed by atoms with Gasteiger partial charge in [0, 0.05) is 11.6 Å². The van der Waals surface area contributed by atoms with Gasteiger partial charge >= 0.3 is 0 Å². The van der Waals surface area contributed by atoms with Gasteiger partial charge in [0.1, 0.15) is 5.69 Å². The van der Waals surface area contributed by atoms with Crippen LogP contribution in [0.15, 0.2) is 66.7 Å². The normalized spacial score (nSPS) is 23.8. The van der Waals surface area contributed by atoms with Gasteiger partial charge in [-0.3, -0.25) is 4.79 Å². The quantitative estimate of drug-likeness (QED) is 0.665. The first-order valence-electron chi connectivity index (χ1n) is 10.7. The van der Waals surface area contributed by atoms with Gasteiger partial charge in [-0.15, -0.1) is 0 Å². The Morgan fingerprint density at radius 1 is 1.03 bits per heavy atom. The maximum atomic E-state index is 13.3. The van der Waals surface area contributed by atoms with Crippen LogP contribution < -0.4 is 5.32 Å². The van der Waals surface area contributed by atoms with Crippen LogP contribution in [0.5, 0.6) is 0 Å². The Balaban J connectivity index is 1.44. The van der Waals surface area contributed by atoms with Gasteiger partial charge < -0.3 is 5.32 Å². The van der Waals surface area contributed by atoms with Crippen LogP contribution in [-0.2, 0) is 0 Å². The third-order valence-corrected chi connectivity index (χ3v) is 6.81. The van der Waals surface area contributed by atoms with Crippen LogP contribution in [0.1, 0.15) is 43.1 Å². The van der Waals surface area contributed by atoms with Gasteiger partial charge in [-0.25, -0.2) is 4.68 Å². The van der Waals surface area contributed by atoms with Crippen molar-refractivity contribution in [3.05, 3.63) is 72.4 Å². The van der Waals surface area contributed by atoms with E-state index in [0.717, 1.165) is 28.8 Å². The van der Waals surface area contributed by atoms with E-state index < -0.39 is 0 Å². The highest BCUT2D eigenvalue weighted by molar-refractivity contribution is 5.94. The highest BCUT2D eigenvalue weighted by Crippen LogP contribution is 2.49. The number of hydrogen-bond acceptors (Lipinski definition) is 2. The fraction of sp³-hybridized carbons (Fsp3) is 0.360. The predicted octanol–water partition coefficient (Wildman–Crippen LogP) is 5.09. The monoisotopic (exact) mass is 385 g/mol. The van der Waals surface area contributed by atoms with E-state index in [1.54, 1.807) is 4.68 Å². The molecule has 4 nitrogen and oxygen atoms in total. The summed E-state index contributed by atoms with van der Waals surface area (Å²) in [6, 6.07) is 22.0. The highest BCUT2D eigenvalue weighted by atomic mass is 16.2. The molecule has 0 unspecified atom stereocenters. The van der Waals surface area contributed by atoms with E-state index in [0.29, 0.717) is 11.6 Å². The van der Waals surface area contributed by atoms with Crippen molar-refractivity contribution >= 4 is 5.91 Å². The van der Waals surface area contributed by atoms with Crippen molar-refractivity contribution in [2.45, 2.75) is 38.6 Å². The van der Waals surface area contributed by atoms with Crippen molar-refractivity contribution in [3.8, 4) is 16.9 Å². The minimum Gasteiger partial charge on any atom is -0.348 e. The lowest BCUT2D eigenvalue weighted by Gasteiger charge is -2.28. The molecule has 1 heterocycles. The van der Waals surface area contributed by atoms with E-state index in [2.05, 4.69) is 12.2 Å². The Kier molecular flexibility index (Phi) is 4.70. The first-order chi connectivity index (χ1) is 14.2. The molecule has 0 radical (unpaired) electrons. The number of para-hydroxylation sites is 1. The summed E-state index contributed by atoms with van der Waals surface area (Å²) < 4.78 is 1.77. The number of carbonyl (C=O) groups excluding carboxylic acids is 1. The standard InChI is InChI=1S/C25H27N3O/c1-17(22-15-18-12-13-20(22)14-18)26-25(29)24-16-23(19-8-4-2-5-9-19)27-28(24)21-10-6-3-7-11-21/h2-11,16-18,20,22H,12-15H2,1H3,(H,26,29)/t17-,18+,20-,22+/m0/s1. The van der Waals surface area contributed by atoms with Crippen molar-refractivity contribution < 1.29 is 4.79 Å². The molecule has 2 fully saturated rings. The molecule has 2 aromatic carbocycles. The maximum Gasteiger partial charge on any atom is 0.270 e. The zero-order chi connectivity index (χ0) is 19.8. The highest BCUT2D eigenvalue weighted by Gasteiger charge is 2.42. The molecule has 1 amide bonds. The number of fused-ring (bicyclic) bond motifs is 2. The van der Waals surface area contributed by atoms with E-state index in [9.17, 15) is 4.79 Å². The summed E-state index contributed by atoms with van der Waals surface area (Å²) in [5.41, 5.74) is 3.31. The van der Waals surface area contributed by atoms with Crippen LogP contribution in [0.4, 0.5) is 0 Å². The number of hydrogen-bond donors (Lipinski definition) is 1. The Hall–Kier alpha value is -2.88.